The number of benzene rings is 1. The Kier molecular flexibility index (Phi) is 4.81. The summed E-state index contributed by atoms with van der Waals surface area (Å²) in [6.07, 6.45) is 7.33. The molecule has 0 heterocycles. The molecule has 0 N–H and O–H groups in total. The maximum Gasteiger partial charge on any atom is 0.150 e. The zero-order chi connectivity index (χ0) is 13.0. The van der Waals surface area contributed by atoms with Gasteiger partial charge in [0.15, 0.2) is 0 Å². The number of carbonyl (C=O) groups is 1. The Morgan fingerprint density at radius 3 is 2.83 bits per heavy atom. The molecule has 3 heteroatoms. The fourth-order valence-electron chi connectivity index (χ4n) is 2.64. The highest BCUT2D eigenvalue weighted by molar-refractivity contribution is 9.10. The van der Waals surface area contributed by atoms with Gasteiger partial charge in [-0.25, -0.2) is 0 Å². The molecule has 1 aromatic carbocycles. The van der Waals surface area contributed by atoms with Gasteiger partial charge >= 0.3 is 0 Å². The van der Waals surface area contributed by atoms with Gasteiger partial charge in [-0.1, -0.05) is 13.3 Å². The van der Waals surface area contributed by atoms with Gasteiger partial charge in [-0.2, -0.15) is 0 Å². The lowest BCUT2D eigenvalue weighted by molar-refractivity contribution is 0.0896. The standard InChI is InChI=1S/C15H19BrO2/c1-2-12-5-3-4-6-14(12)18-15-8-7-11(10-17)9-13(15)16/h7-10,12,14H,2-6H2,1H3. The number of rotatable bonds is 4. The van der Waals surface area contributed by atoms with Gasteiger partial charge in [0.1, 0.15) is 18.1 Å². The highest BCUT2D eigenvalue weighted by Crippen LogP contribution is 2.33. The lowest BCUT2D eigenvalue weighted by Crippen LogP contribution is -2.30. The van der Waals surface area contributed by atoms with Gasteiger partial charge in [0.05, 0.1) is 4.47 Å². The largest absolute Gasteiger partial charge is 0.489 e. The zero-order valence-corrected chi connectivity index (χ0v) is 12.3. The summed E-state index contributed by atoms with van der Waals surface area (Å²) < 4.78 is 6.99. The van der Waals surface area contributed by atoms with Crippen LogP contribution in [0.5, 0.6) is 5.75 Å². The maximum atomic E-state index is 10.7. The van der Waals surface area contributed by atoms with Crippen molar-refractivity contribution in [2.45, 2.75) is 45.1 Å². The molecule has 2 rings (SSSR count). The molecule has 2 unspecified atom stereocenters. The molecule has 2 atom stereocenters. The molecule has 1 aromatic rings. The van der Waals surface area contributed by atoms with Crippen LogP contribution in [0.25, 0.3) is 0 Å². The smallest absolute Gasteiger partial charge is 0.150 e. The highest BCUT2D eigenvalue weighted by atomic mass is 79.9. The van der Waals surface area contributed by atoms with Crippen molar-refractivity contribution >= 4 is 22.2 Å². The molecule has 1 aliphatic carbocycles. The van der Waals surface area contributed by atoms with Crippen molar-refractivity contribution in [1.82, 2.24) is 0 Å². The first kappa shape index (κ1) is 13.6. The summed E-state index contributed by atoms with van der Waals surface area (Å²) in [6, 6.07) is 5.50. The predicted molar refractivity (Wildman–Crippen MR) is 76.2 cm³/mol. The molecule has 18 heavy (non-hydrogen) atoms. The number of hydrogen-bond donors (Lipinski definition) is 0. The number of halogens is 1. The van der Waals surface area contributed by atoms with Crippen LogP contribution in [0, 0.1) is 5.92 Å². The van der Waals surface area contributed by atoms with Gasteiger partial charge < -0.3 is 4.74 Å². The third kappa shape index (κ3) is 3.14. The van der Waals surface area contributed by atoms with Crippen LogP contribution in [-0.2, 0) is 0 Å². The van der Waals surface area contributed by atoms with Crippen molar-refractivity contribution in [1.29, 1.82) is 0 Å². The van der Waals surface area contributed by atoms with Gasteiger partial charge in [-0.15, -0.1) is 0 Å². The van der Waals surface area contributed by atoms with Crippen LogP contribution in [0.15, 0.2) is 22.7 Å². The molecular formula is C15H19BrO2. The quantitative estimate of drug-likeness (QED) is 0.759. The summed E-state index contributed by atoms with van der Waals surface area (Å²) in [5.41, 5.74) is 0.671. The van der Waals surface area contributed by atoms with Crippen LogP contribution in [-0.4, -0.2) is 12.4 Å². The average Bonchev–Trinajstić information content (AvgIpc) is 2.41. The lowest BCUT2D eigenvalue weighted by Gasteiger charge is -2.31. The predicted octanol–water partition coefficient (Wildman–Crippen LogP) is 4.61. The summed E-state index contributed by atoms with van der Waals surface area (Å²) >= 11 is 3.47. The SMILES string of the molecule is CCC1CCCCC1Oc1ccc(C=O)cc1Br. The van der Waals surface area contributed by atoms with Crippen molar-refractivity contribution in [2.24, 2.45) is 5.92 Å². The normalized spacial score (nSPS) is 23.7. The second-order valence-electron chi connectivity index (χ2n) is 4.92. The molecular weight excluding hydrogens is 292 g/mol. The van der Waals surface area contributed by atoms with E-state index in [0.29, 0.717) is 17.6 Å². The molecule has 0 aromatic heterocycles. The topological polar surface area (TPSA) is 26.3 Å². The van der Waals surface area contributed by atoms with Crippen molar-refractivity contribution in [3.63, 3.8) is 0 Å². The molecule has 0 amide bonds. The first-order valence-electron chi connectivity index (χ1n) is 6.66. The fraction of sp³-hybridized carbons (Fsp3) is 0.533. The Bertz CT molecular complexity index is 417. The number of hydrogen-bond acceptors (Lipinski definition) is 2. The molecule has 98 valence electrons. The van der Waals surface area contributed by atoms with Crippen molar-refractivity contribution in [3.05, 3.63) is 28.2 Å². The molecule has 0 spiro atoms. The fourth-order valence-corrected chi connectivity index (χ4v) is 3.13. The number of carbonyl (C=O) groups excluding carboxylic acids is 1. The van der Waals surface area contributed by atoms with Crippen molar-refractivity contribution in [3.8, 4) is 5.75 Å². The van der Waals surface area contributed by atoms with E-state index in [0.717, 1.165) is 22.9 Å². The monoisotopic (exact) mass is 310 g/mol. The van der Waals surface area contributed by atoms with E-state index >= 15 is 0 Å². The minimum atomic E-state index is 0.321. The van der Waals surface area contributed by atoms with E-state index in [2.05, 4.69) is 22.9 Å². The number of ether oxygens (including phenoxy) is 1. The van der Waals surface area contributed by atoms with E-state index < -0.39 is 0 Å². The van der Waals surface area contributed by atoms with Crippen LogP contribution >= 0.6 is 15.9 Å². The number of aldehydes is 1. The first-order valence-corrected chi connectivity index (χ1v) is 7.45. The highest BCUT2D eigenvalue weighted by Gasteiger charge is 2.25. The van der Waals surface area contributed by atoms with Gasteiger partial charge in [0, 0.05) is 5.56 Å². The van der Waals surface area contributed by atoms with Crippen LogP contribution in [0.3, 0.4) is 0 Å². The molecule has 0 aliphatic heterocycles. The first-order chi connectivity index (χ1) is 8.74. The van der Waals surface area contributed by atoms with E-state index in [9.17, 15) is 4.79 Å². The van der Waals surface area contributed by atoms with Gasteiger partial charge in [-0.05, 0) is 65.7 Å². The third-order valence-corrected chi connectivity index (χ3v) is 4.35. The Labute approximate surface area is 117 Å². The third-order valence-electron chi connectivity index (χ3n) is 3.73. The summed E-state index contributed by atoms with van der Waals surface area (Å²) in [5.74, 6) is 1.52. The van der Waals surface area contributed by atoms with E-state index in [4.69, 9.17) is 4.74 Å². The van der Waals surface area contributed by atoms with Crippen molar-refractivity contribution < 1.29 is 9.53 Å². The molecule has 1 fully saturated rings. The molecule has 1 aliphatic rings. The van der Waals surface area contributed by atoms with Crippen LogP contribution < -0.4 is 4.74 Å². The van der Waals surface area contributed by atoms with E-state index in [1.807, 2.05) is 12.1 Å². The summed E-state index contributed by atoms with van der Waals surface area (Å²) in [4.78, 5) is 10.7. The van der Waals surface area contributed by atoms with Gasteiger partial charge in [-0.3, -0.25) is 4.79 Å². The summed E-state index contributed by atoms with van der Waals surface area (Å²) in [6.45, 7) is 2.23. The van der Waals surface area contributed by atoms with Gasteiger partial charge in [0.25, 0.3) is 0 Å². The second kappa shape index (κ2) is 6.37. The van der Waals surface area contributed by atoms with Crippen molar-refractivity contribution in [2.75, 3.05) is 0 Å². The van der Waals surface area contributed by atoms with Crippen LogP contribution in [0.4, 0.5) is 0 Å². The Balaban J connectivity index is 2.10. The Hall–Kier alpha value is -0.830. The molecule has 1 saturated carbocycles. The molecule has 0 bridgehead atoms. The Morgan fingerprint density at radius 1 is 1.39 bits per heavy atom. The molecule has 2 nitrogen and oxygen atoms in total. The maximum absolute atomic E-state index is 10.7. The van der Waals surface area contributed by atoms with E-state index in [1.165, 1.54) is 25.7 Å². The molecule has 0 saturated heterocycles. The van der Waals surface area contributed by atoms with E-state index in [1.54, 1.807) is 6.07 Å². The van der Waals surface area contributed by atoms with Crippen LogP contribution in [0.2, 0.25) is 0 Å². The van der Waals surface area contributed by atoms with Gasteiger partial charge in [0.2, 0.25) is 0 Å². The zero-order valence-electron chi connectivity index (χ0n) is 10.7. The summed E-state index contributed by atoms with van der Waals surface area (Å²) in [5, 5.41) is 0. The Morgan fingerprint density at radius 2 is 2.17 bits per heavy atom. The summed E-state index contributed by atoms with van der Waals surface area (Å²) in [7, 11) is 0. The average molecular weight is 311 g/mol. The minimum absolute atomic E-state index is 0.321. The minimum Gasteiger partial charge on any atom is -0.489 e. The lowest BCUT2D eigenvalue weighted by atomic mass is 9.85. The van der Waals surface area contributed by atoms with Crippen LogP contribution in [0.1, 0.15) is 49.4 Å². The van der Waals surface area contributed by atoms with E-state index in [-0.39, 0.29) is 0 Å². The second-order valence-corrected chi connectivity index (χ2v) is 5.77. The molecule has 0 radical (unpaired) electrons.